The summed E-state index contributed by atoms with van der Waals surface area (Å²) in [6.07, 6.45) is 27.5. The van der Waals surface area contributed by atoms with E-state index in [4.69, 9.17) is 0 Å². The maximum absolute atomic E-state index is 2.52. The standard InChI is InChI=1S/C44H78N2.2ClH/c1-7-11-15-19-21-25-37-45(5,35-23-17-13-9-3)39-41-27-31-43(32-28-41)44-33-29-42(30-34-44)40-46(6,36-24-18-14-10-4)38-26-22-20-16-12-8-2;;/h27-34H,7-26,35-40H2,1-6H3;2*1H/q+2;;/p-2. The largest absolute Gasteiger partial charge is 1.00 e. The maximum atomic E-state index is 2.52. The molecule has 2 atom stereocenters. The van der Waals surface area contributed by atoms with Crippen LogP contribution in [-0.2, 0) is 13.1 Å². The third-order valence-electron chi connectivity index (χ3n) is 10.6. The van der Waals surface area contributed by atoms with Gasteiger partial charge in [-0.25, -0.2) is 0 Å². The molecule has 0 aliphatic carbocycles. The molecule has 2 rings (SSSR count). The monoisotopic (exact) mass is 705 g/mol. The molecule has 4 heteroatoms. The summed E-state index contributed by atoms with van der Waals surface area (Å²) in [5.74, 6) is 0. The Morgan fingerprint density at radius 2 is 0.562 bits per heavy atom. The molecule has 0 saturated heterocycles. The number of quaternary nitrogens is 2. The highest BCUT2D eigenvalue weighted by atomic mass is 35.5. The molecule has 2 unspecified atom stereocenters. The number of nitrogens with zero attached hydrogens (tertiary/aromatic N) is 2. The van der Waals surface area contributed by atoms with Gasteiger partial charge in [-0.2, -0.15) is 0 Å². The fourth-order valence-corrected chi connectivity index (χ4v) is 7.41. The fourth-order valence-electron chi connectivity index (χ4n) is 7.41. The number of rotatable bonds is 29. The van der Waals surface area contributed by atoms with Gasteiger partial charge in [0.1, 0.15) is 13.1 Å². The lowest BCUT2D eigenvalue weighted by molar-refractivity contribution is -0.923. The van der Waals surface area contributed by atoms with Gasteiger partial charge in [-0.15, -0.1) is 0 Å². The summed E-state index contributed by atoms with van der Waals surface area (Å²) in [6.45, 7) is 16.8. The van der Waals surface area contributed by atoms with Crippen molar-refractivity contribution in [3.8, 4) is 11.1 Å². The van der Waals surface area contributed by atoms with E-state index < -0.39 is 0 Å². The highest BCUT2D eigenvalue weighted by Gasteiger charge is 2.23. The van der Waals surface area contributed by atoms with Crippen LogP contribution in [0.3, 0.4) is 0 Å². The quantitative estimate of drug-likeness (QED) is 0.0624. The summed E-state index contributed by atoms with van der Waals surface area (Å²) in [6, 6.07) is 19.2. The van der Waals surface area contributed by atoms with Crippen molar-refractivity contribution in [2.24, 2.45) is 0 Å². The molecule has 0 aromatic heterocycles. The van der Waals surface area contributed by atoms with E-state index in [0.717, 1.165) is 13.1 Å². The Balaban J connectivity index is 0.0000110. The topological polar surface area (TPSA) is 0 Å². The molecule has 0 radical (unpaired) electrons. The molecule has 2 aromatic rings. The molecule has 0 aliphatic rings. The average Bonchev–Trinajstić information content (AvgIpc) is 3.06. The number of hydrogen-bond acceptors (Lipinski definition) is 0. The normalized spacial score (nSPS) is 13.7. The molecule has 0 fully saturated rings. The van der Waals surface area contributed by atoms with Gasteiger partial charge in [-0.3, -0.25) is 0 Å². The van der Waals surface area contributed by atoms with Crippen molar-refractivity contribution in [3.63, 3.8) is 0 Å². The highest BCUT2D eigenvalue weighted by Crippen LogP contribution is 2.25. The number of benzene rings is 2. The van der Waals surface area contributed by atoms with Crippen LogP contribution >= 0.6 is 0 Å². The Morgan fingerprint density at radius 1 is 0.333 bits per heavy atom. The minimum atomic E-state index is 0. The van der Waals surface area contributed by atoms with Crippen LogP contribution in [0, 0.1) is 0 Å². The molecular weight excluding hydrogens is 627 g/mol. The highest BCUT2D eigenvalue weighted by molar-refractivity contribution is 5.63. The second-order valence-electron chi connectivity index (χ2n) is 15.5. The zero-order chi connectivity index (χ0) is 33.4. The predicted octanol–water partition coefficient (Wildman–Crippen LogP) is 7.14. The first-order chi connectivity index (χ1) is 22.4. The van der Waals surface area contributed by atoms with E-state index in [1.807, 2.05) is 0 Å². The van der Waals surface area contributed by atoms with Crippen molar-refractivity contribution in [1.82, 2.24) is 0 Å². The van der Waals surface area contributed by atoms with E-state index in [-0.39, 0.29) is 24.8 Å². The Labute approximate surface area is 312 Å². The summed E-state index contributed by atoms with van der Waals surface area (Å²) >= 11 is 0. The zero-order valence-electron chi connectivity index (χ0n) is 32.7. The van der Waals surface area contributed by atoms with Gasteiger partial charge in [0, 0.05) is 11.1 Å². The van der Waals surface area contributed by atoms with Gasteiger partial charge >= 0.3 is 0 Å². The van der Waals surface area contributed by atoms with E-state index in [0.29, 0.717) is 0 Å². The lowest BCUT2D eigenvalue weighted by Gasteiger charge is -2.35. The Morgan fingerprint density at radius 3 is 0.833 bits per heavy atom. The van der Waals surface area contributed by atoms with E-state index in [2.05, 4.69) is 90.3 Å². The summed E-state index contributed by atoms with van der Waals surface area (Å²) in [7, 11) is 5.04. The van der Waals surface area contributed by atoms with Gasteiger partial charge in [0.05, 0.1) is 40.3 Å². The first-order valence-corrected chi connectivity index (χ1v) is 20.2. The van der Waals surface area contributed by atoms with Crippen LogP contribution in [-0.4, -0.2) is 49.2 Å². The van der Waals surface area contributed by atoms with Gasteiger partial charge in [0.15, 0.2) is 0 Å². The minimum absolute atomic E-state index is 0. The average molecular weight is 706 g/mol. The maximum Gasteiger partial charge on any atom is 0.104 e. The summed E-state index contributed by atoms with van der Waals surface area (Å²) in [4.78, 5) is 0. The number of hydrogen-bond donors (Lipinski definition) is 0. The van der Waals surface area contributed by atoms with Crippen molar-refractivity contribution < 1.29 is 33.8 Å². The van der Waals surface area contributed by atoms with Gasteiger partial charge in [0.2, 0.25) is 0 Å². The van der Waals surface area contributed by atoms with Crippen molar-refractivity contribution >= 4 is 0 Å². The smallest absolute Gasteiger partial charge is 0.104 e. The first-order valence-electron chi connectivity index (χ1n) is 20.2. The van der Waals surface area contributed by atoms with Crippen molar-refractivity contribution in [3.05, 3.63) is 59.7 Å². The molecule has 0 bridgehead atoms. The SMILES string of the molecule is CCCCCCCC[N+](C)(CCCCCC)Cc1ccc(-c2ccc(C[N+](C)(CCCCCC)CCCCCCCC)cc2)cc1.[Cl-].[Cl-]. The van der Waals surface area contributed by atoms with Crippen LogP contribution in [0.2, 0.25) is 0 Å². The fraction of sp³-hybridized carbons (Fsp3) is 0.727. The number of unbranched alkanes of at least 4 members (excludes halogenated alkanes) is 16. The van der Waals surface area contributed by atoms with E-state index in [1.54, 1.807) is 0 Å². The van der Waals surface area contributed by atoms with Gasteiger partial charge in [0.25, 0.3) is 0 Å². The van der Waals surface area contributed by atoms with Crippen molar-refractivity contribution in [2.75, 3.05) is 40.3 Å². The molecule has 0 amide bonds. The molecule has 0 N–H and O–H groups in total. The van der Waals surface area contributed by atoms with Gasteiger partial charge in [-0.05, 0) is 62.5 Å². The second kappa shape index (κ2) is 28.6. The third kappa shape index (κ3) is 20.6. The van der Waals surface area contributed by atoms with Crippen LogP contribution in [0.5, 0.6) is 0 Å². The molecule has 2 aromatic carbocycles. The Bertz CT molecular complexity index is 910. The summed E-state index contributed by atoms with van der Waals surface area (Å²) in [5.41, 5.74) is 5.70. The molecule has 0 aliphatic heterocycles. The molecular formula is C44H78Cl2N2. The van der Waals surface area contributed by atoms with Crippen molar-refractivity contribution in [1.29, 1.82) is 0 Å². The third-order valence-corrected chi connectivity index (χ3v) is 10.6. The second-order valence-corrected chi connectivity index (χ2v) is 15.5. The molecule has 2 nitrogen and oxygen atoms in total. The molecule has 48 heavy (non-hydrogen) atoms. The lowest BCUT2D eigenvalue weighted by Crippen LogP contribution is -3.00. The minimum Gasteiger partial charge on any atom is -1.00 e. The van der Waals surface area contributed by atoms with Crippen molar-refractivity contribution in [2.45, 2.75) is 169 Å². The molecule has 0 saturated carbocycles. The Kier molecular flexibility index (Phi) is 28.0. The van der Waals surface area contributed by atoms with Crippen LogP contribution < -0.4 is 24.8 Å². The van der Waals surface area contributed by atoms with Gasteiger partial charge < -0.3 is 33.8 Å². The van der Waals surface area contributed by atoms with Gasteiger partial charge in [-0.1, -0.05) is 153 Å². The predicted molar refractivity (Wildman–Crippen MR) is 206 cm³/mol. The van der Waals surface area contributed by atoms with Crippen LogP contribution in [0.4, 0.5) is 0 Å². The van der Waals surface area contributed by atoms with E-state index in [9.17, 15) is 0 Å². The summed E-state index contributed by atoms with van der Waals surface area (Å²) < 4.78 is 2.39. The summed E-state index contributed by atoms with van der Waals surface area (Å²) in [5, 5.41) is 0. The molecule has 0 spiro atoms. The molecule has 0 heterocycles. The number of halogens is 2. The Hall–Kier alpha value is -1.06. The van der Waals surface area contributed by atoms with Crippen LogP contribution in [0.15, 0.2) is 48.5 Å². The first kappa shape index (κ1) is 46.9. The van der Waals surface area contributed by atoms with Crippen LogP contribution in [0.25, 0.3) is 11.1 Å². The van der Waals surface area contributed by atoms with E-state index >= 15 is 0 Å². The zero-order valence-corrected chi connectivity index (χ0v) is 34.2. The van der Waals surface area contributed by atoms with E-state index in [1.165, 1.54) is 186 Å². The molecule has 278 valence electrons. The lowest BCUT2D eigenvalue weighted by atomic mass is 10.0. The van der Waals surface area contributed by atoms with Crippen LogP contribution in [0.1, 0.15) is 167 Å².